The minimum absolute atomic E-state index is 0.0717. The molecule has 0 aromatic carbocycles. The molecule has 2 heterocycles. The highest BCUT2D eigenvalue weighted by Crippen LogP contribution is 2.22. The van der Waals surface area contributed by atoms with Crippen molar-refractivity contribution in [2.24, 2.45) is 5.92 Å². The zero-order valence-corrected chi connectivity index (χ0v) is 12.1. The summed E-state index contributed by atoms with van der Waals surface area (Å²) in [5, 5.41) is 11.9. The van der Waals surface area contributed by atoms with Crippen LogP contribution in [0.3, 0.4) is 0 Å². The molecule has 2 atom stereocenters. The van der Waals surface area contributed by atoms with Gasteiger partial charge in [0.05, 0.1) is 12.1 Å². The molecule has 2 fully saturated rings. The quantitative estimate of drug-likeness (QED) is 0.822. The molecule has 2 rings (SSSR count). The Morgan fingerprint density at radius 3 is 2.90 bits per heavy atom. The van der Waals surface area contributed by atoms with Crippen LogP contribution >= 0.6 is 0 Å². The number of likely N-dealkylation sites (tertiary alicyclic amines) is 1. The number of carboxylic acid groups (broad SMARTS) is 1. The van der Waals surface area contributed by atoms with Crippen molar-refractivity contribution >= 4 is 12.0 Å². The van der Waals surface area contributed by atoms with E-state index in [0.717, 1.165) is 32.3 Å². The van der Waals surface area contributed by atoms with Crippen LogP contribution in [0.25, 0.3) is 0 Å². The van der Waals surface area contributed by atoms with Crippen LogP contribution in [0.1, 0.15) is 39.0 Å². The highest BCUT2D eigenvalue weighted by atomic mass is 16.5. The minimum atomic E-state index is -0.787. The van der Waals surface area contributed by atoms with Crippen LogP contribution in [0.15, 0.2) is 0 Å². The Kier molecular flexibility index (Phi) is 4.86. The number of nitrogens with zero attached hydrogens (tertiary/aromatic N) is 1. The van der Waals surface area contributed by atoms with Gasteiger partial charge in [0.2, 0.25) is 0 Å². The van der Waals surface area contributed by atoms with Crippen molar-refractivity contribution < 1.29 is 19.4 Å². The van der Waals surface area contributed by atoms with E-state index in [1.807, 2.05) is 6.92 Å². The Bertz CT molecular complexity index is 366. The predicted molar refractivity (Wildman–Crippen MR) is 73.5 cm³/mol. The standard InChI is InChI=1S/C14H24N2O4/c1-14(5-3-7-20-10-14)15-13(19)16-6-2-4-11(9-16)8-12(17)18/h11H,2-10H2,1H3,(H,15,19)(H,17,18). The molecule has 2 saturated heterocycles. The normalized spacial score (nSPS) is 30.9. The minimum Gasteiger partial charge on any atom is -0.481 e. The average molecular weight is 284 g/mol. The van der Waals surface area contributed by atoms with Crippen molar-refractivity contribution in [1.82, 2.24) is 10.2 Å². The van der Waals surface area contributed by atoms with Crippen molar-refractivity contribution in [1.29, 1.82) is 0 Å². The number of urea groups is 1. The second kappa shape index (κ2) is 6.43. The highest BCUT2D eigenvalue weighted by Gasteiger charge is 2.32. The van der Waals surface area contributed by atoms with Crippen molar-refractivity contribution in [3.8, 4) is 0 Å². The molecule has 2 aliphatic rings. The Morgan fingerprint density at radius 1 is 1.45 bits per heavy atom. The molecule has 0 aliphatic carbocycles. The molecule has 2 aliphatic heterocycles. The first-order valence-corrected chi connectivity index (χ1v) is 7.35. The third-order valence-corrected chi connectivity index (χ3v) is 4.12. The fourth-order valence-electron chi connectivity index (χ4n) is 3.03. The van der Waals surface area contributed by atoms with Gasteiger partial charge in [0.25, 0.3) is 0 Å². The largest absolute Gasteiger partial charge is 0.481 e. The molecule has 0 bridgehead atoms. The van der Waals surface area contributed by atoms with Gasteiger partial charge < -0.3 is 20.1 Å². The number of rotatable bonds is 3. The van der Waals surface area contributed by atoms with Crippen molar-refractivity contribution in [3.63, 3.8) is 0 Å². The number of hydrogen-bond acceptors (Lipinski definition) is 3. The molecule has 0 aromatic rings. The first-order chi connectivity index (χ1) is 9.48. The number of nitrogens with one attached hydrogen (secondary N) is 1. The molecular weight excluding hydrogens is 260 g/mol. The van der Waals surface area contributed by atoms with Crippen molar-refractivity contribution in [3.05, 3.63) is 0 Å². The summed E-state index contributed by atoms with van der Waals surface area (Å²) in [5.74, 6) is -0.715. The van der Waals surface area contributed by atoms with E-state index in [0.29, 0.717) is 19.7 Å². The predicted octanol–water partition coefficient (Wildman–Crippen LogP) is 1.45. The van der Waals surface area contributed by atoms with E-state index in [1.165, 1.54) is 0 Å². The third kappa shape index (κ3) is 4.10. The van der Waals surface area contributed by atoms with Crippen LogP contribution in [-0.2, 0) is 9.53 Å². The SMILES string of the molecule is CC1(NC(=O)N2CCCC(CC(=O)O)C2)CCCOC1. The maximum atomic E-state index is 12.3. The van der Waals surface area contributed by atoms with Gasteiger partial charge >= 0.3 is 12.0 Å². The topological polar surface area (TPSA) is 78.9 Å². The van der Waals surface area contributed by atoms with Gasteiger partial charge in [0.1, 0.15) is 0 Å². The average Bonchev–Trinajstić information content (AvgIpc) is 2.38. The van der Waals surface area contributed by atoms with Crippen LogP contribution in [0.4, 0.5) is 4.79 Å². The monoisotopic (exact) mass is 284 g/mol. The Morgan fingerprint density at radius 2 is 2.25 bits per heavy atom. The number of hydrogen-bond donors (Lipinski definition) is 2. The molecule has 6 heteroatoms. The van der Waals surface area contributed by atoms with Crippen LogP contribution in [0.2, 0.25) is 0 Å². The summed E-state index contributed by atoms with van der Waals surface area (Å²) in [6.45, 7) is 4.55. The number of carboxylic acids is 1. The molecule has 20 heavy (non-hydrogen) atoms. The van der Waals surface area contributed by atoms with E-state index in [4.69, 9.17) is 9.84 Å². The number of carbonyl (C=O) groups excluding carboxylic acids is 1. The lowest BCUT2D eigenvalue weighted by molar-refractivity contribution is -0.138. The second-order valence-electron chi connectivity index (χ2n) is 6.20. The lowest BCUT2D eigenvalue weighted by Gasteiger charge is -2.38. The molecule has 114 valence electrons. The highest BCUT2D eigenvalue weighted by molar-refractivity contribution is 5.75. The first-order valence-electron chi connectivity index (χ1n) is 7.35. The van der Waals surface area contributed by atoms with Crippen LogP contribution in [0.5, 0.6) is 0 Å². The smallest absolute Gasteiger partial charge is 0.317 e. The van der Waals surface area contributed by atoms with Gasteiger partial charge in [-0.05, 0) is 38.5 Å². The van der Waals surface area contributed by atoms with Crippen LogP contribution in [-0.4, -0.2) is 53.8 Å². The molecule has 0 aromatic heterocycles. The van der Waals surface area contributed by atoms with Gasteiger partial charge in [-0.25, -0.2) is 4.79 Å². The lowest BCUT2D eigenvalue weighted by atomic mass is 9.94. The molecule has 2 unspecified atom stereocenters. The molecule has 0 radical (unpaired) electrons. The lowest BCUT2D eigenvalue weighted by Crippen LogP contribution is -2.57. The van der Waals surface area contributed by atoms with E-state index in [1.54, 1.807) is 4.90 Å². The molecule has 0 saturated carbocycles. The molecular formula is C14H24N2O4. The number of amides is 2. The molecule has 2 amide bonds. The molecule has 0 spiro atoms. The Labute approximate surface area is 119 Å². The van der Waals surface area contributed by atoms with Crippen molar-refractivity contribution in [2.75, 3.05) is 26.3 Å². The van der Waals surface area contributed by atoms with E-state index in [9.17, 15) is 9.59 Å². The van der Waals surface area contributed by atoms with E-state index in [2.05, 4.69) is 5.32 Å². The van der Waals surface area contributed by atoms with Gasteiger partial charge in [-0.15, -0.1) is 0 Å². The molecule has 6 nitrogen and oxygen atoms in total. The summed E-state index contributed by atoms with van der Waals surface area (Å²) in [6, 6.07) is -0.0897. The van der Waals surface area contributed by atoms with E-state index in [-0.39, 0.29) is 23.9 Å². The van der Waals surface area contributed by atoms with Gasteiger partial charge in [-0.1, -0.05) is 0 Å². The van der Waals surface area contributed by atoms with E-state index < -0.39 is 5.97 Å². The zero-order valence-electron chi connectivity index (χ0n) is 12.1. The maximum absolute atomic E-state index is 12.3. The summed E-state index contributed by atoms with van der Waals surface area (Å²) < 4.78 is 5.44. The van der Waals surface area contributed by atoms with Gasteiger partial charge in [0, 0.05) is 26.1 Å². The summed E-state index contributed by atoms with van der Waals surface area (Å²) in [6.07, 6.45) is 3.78. The number of carbonyl (C=O) groups is 2. The fourth-order valence-corrected chi connectivity index (χ4v) is 3.03. The Hall–Kier alpha value is -1.30. The van der Waals surface area contributed by atoms with Gasteiger partial charge in [-0.2, -0.15) is 0 Å². The number of piperidine rings is 1. The van der Waals surface area contributed by atoms with Crippen LogP contribution in [0, 0.1) is 5.92 Å². The third-order valence-electron chi connectivity index (χ3n) is 4.12. The first kappa shape index (κ1) is 15.1. The fraction of sp³-hybridized carbons (Fsp3) is 0.857. The summed E-state index contributed by atoms with van der Waals surface area (Å²) in [7, 11) is 0. The second-order valence-corrected chi connectivity index (χ2v) is 6.20. The van der Waals surface area contributed by atoms with Crippen molar-refractivity contribution in [2.45, 2.75) is 44.6 Å². The maximum Gasteiger partial charge on any atom is 0.317 e. The number of ether oxygens (including phenoxy) is 1. The van der Waals surface area contributed by atoms with Crippen LogP contribution < -0.4 is 5.32 Å². The molecule has 2 N–H and O–H groups in total. The van der Waals surface area contributed by atoms with E-state index >= 15 is 0 Å². The Balaban J connectivity index is 1.86. The number of aliphatic carboxylic acids is 1. The summed E-state index contributed by atoms with van der Waals surface area (Å²) in [5.41, 5.74) is -0.297. The van der Waals surface area contributed by atoms with Gasteiger partial charge in [-0.3, -0.25) is 4.79 Å². The summed E-state index contributed by atoms with van der Waals surface area (Å²) in [4.78, 5) is 24.8. The zero-order chi connectivity index (χ0) is 14.6. The summed E-state index contributed by atoms with van der Waals surface area (Å²) >= 11 is 0. The van der Waals surface area contributed by atoms with Gasteiger partial charge in [0.15, 0.2) is 0 Å².